The molecule has 0 radical (unpaired) electrons. The first kappa shape index (κ1) is 12.4. The lowest BCUT2D eigenvalue weighted by Gasteiger charge is -2.11. The first-order valence-electron chi connectivity index (χ1n) is 5.22. The number of carbonyl (C=O) groups is 1. The molecule has 92 valence electrons. The number of hydrogen-bond donors (Lipinski definition) is 1. The molecule has 5 heteroatoms. The van der Waals surface area contributed by atoms with Crippen LogP contribution < -0.4 is 10.5 Å². The molecule has 0 amide bonds. The van der Waals surface area contributed by atoms with E-state index < -0.39 is 0 Å². The molecule has 0 spiro atoms. The van der Waals surface area contributed by atoms with Gasteiger partial charge in [0.25, 0.3) is 0 Å². The van der Waals surface area contributed by atoms with Gasteiger partial charge in [-0.1, -0.05) is 11.6 Å². The number of aromatic nitrogens is 1. The van der Waals surface area contributed by atoms with Gasteiger partial charge in [0.15, 0.2) is 11.5 Å². The van der Waals surface area contributed by atoms with E-state index in [0.29, 0.717) is 22.0 Å². The number of nitrogens with zero attached hydrogens (tertiary/aromatic N) is 1. The molecule has 0 bridgehead atoms. The number of benzene rings is 1. The molecule has 1 heterocycles. The van der Waals surface area contributed by atoms with Crippen LogP contribution in [-0.4, -0.2) is 17.9 Å². The van der Waals surface area contributed by atoms with Crippen LogP contribution in [0, 0.1) is 0 Å². The molecule has 0 saturated heterocycles. The summed E-state index contributed by atoms with van der Waals surface area (Å²) in [6, 6.07) is 6.41. The van der Waals surface area contributed by atoms with Crippen molar-refractivity contribution in [2.75, 3.05) is 12.8 Å². The third-order valence-electron chi connectivity index (χ3n) is 2.52. The predicted octanol–water partition coefficient (Wildman–Crippen LogP) is 2.56. The lowest BCUT2D eigenvalue weighted by molar-refractivity contribution is 0.103. The maximum atomic E-state index is 12.4. The van der Waals surface area contributed by atoms with Crippen molar-refractivity contribution in [3.8, 4) is 5.75 Å². The van der Waals surface area contributed by atoms with Crippen molar-refractivity contribution in [1.82, 2.24) is 4.98 Å². The molecule has 2 N–H and O–H groups in total. The van der Waals surface area contributed by atoms with E-state index in [0.717, 1.165) is 0 Å². The zero-order valence-corrected chi connectivity index (χ0v) is 10.4. The van der Waals surface area contributed by atoms with Gasteiger partial charge in [-0.05, 0) is 24.3 Å². The second kappa shape index (κ2) is 5.06. The van der Waals surface area contributed by atoms with Crippen LogP contribution in [0.15, 0.2) is 36.7 Å². The van der Waals surface area contributed by atoms with E-state index in [-0.39, 0.29) is 11.3 Å². The number of pyridine rings is 1. The average Bonchev–Trinajstić information content (AvgIpc) is 2.41. The molecule has 18 heavy (non-hydrogen) atoms. The Morgan fingerprint density at radius 3 is 2.56 bits per heavy atom. The molecule has 0 unspecified atom stereocenters. The Morgan fingerprint density at radius 2 is 1.94 bits per heavy atom. The van der Waals surface area contributed by atoms with Crippen LogP contribution in [0.3, 0.4) is 0 Å². The number of ether oxygens (including phenoxy) is 1. The van der Waals surface area contributed by atoms with E-state index in [1.165, 1.54) is 7.11 Å². The first-order valence-corrected chi connectivity index (χ1v) is 5.59. The van der Waals surface area contributed by atoms with Gasteiger partial charge in [0.2, 0.25) is 0 Å². The minimum atomic E-state index is -0.241. The minimum Gasteiger partial charge on any atom is -0.494 e. The lowest BCUT2D eigenvalue weighted by atomic mass is 10.0. The van der Waals surface area contributed by atoms with Crippen molar-refractivity contribution < 1.29 is 9.53 Å². The van der Waals surface area contributed by atoms with Gasteiger partial charge >= 0.3 is 0 Å². The van der Waals surface area contributed by atoms with E-state index >= 15 is 0 Å². The summed E-state index contributed by atoms with van der Waals surface area (Å²) < 4.78 is 5.15. The number of anilines is 1. The Morgan fingerprint density at radius 1 is 1.28 bits per heavy atom. The second-order valence-electron chi connectivity index (χ2n) is 3.61. The van der Waals surface area contributed by atoms with Crippen LogP contribution in [0.2, 0.25) is 5.02 Å². The van der Waals surface area contributed by atoms with E-state index in [9.17, 15) is 4.79 Å². The SMILES string of the molecule is COc1c(Cl)ccc(N)c1C(=O)c1ccncc1. The summed E-state index contributed by atoms with van der Waals surface area (Å²) in [5, 5.41) is 0.351. The van der Waals surface area contributed by atoms with Crippen LogP contribution in [0.1, 0.15) is 15.9 Å². The number of hydrogen-bond acceptors (Lipinski definition) is 4. The molecule has 0 fully saturated rings. The van der Waals surface area contributed by atoms with Gasteiger partial charge in [0.05, 0.1) is 17.7 Å². The summed E-state index contributed by atoms with van der Waals surface area (Å²) in [6.07, 6.45) is 3.08. The number of halogens is 1. The quantitative estimate of drug-likeness (QED) is 0.682. The molecule has 4 nitrogen and oxygen atoms in total. The van der Waals surface area contributed by atoms with Gasteiger partial charge in [0, 0.05) is 23.6 Å². The van der Waals surface area contributed by atoms with Crippen LogP contribution in [0.5, 0.6) is 5.75 Å². The maximum absolute atomic E-state index is 12.4. The van der Waals surface area contributed by atoms with E-state index in [1.54, 1.807) is 36.7 Å². The van der Waals surface area contributed by atoms with Crippen molar-refractivity contribution in [1.29, 1.82) is 0 Å². The van der Waals surface area contributed by atoms with Crippen LogP contribution in [-0.2, 0) is 0 Å². The minimum absolute atomic E-state index is 0.241. The smallest absolute Gasteiger partial charge is 0.199 e. The zero-order chi connectivity index (χ0) is 13.1. The van der Waals surface area contributed by atoms with Crippen LogP contribution >= 0.6 is 11.6 Å². The molecule has 2 aromatic rings. The van der Waals surface area contributed by atoms with E-state index in [2.05, 4.69) is 4.98 Å². The third kappa shape index (κ3) is 2.15. The monoisotopic (exact) mass is 262 g/mol. The lowest BCUT2D eigenvalue weighted by Crippen LogP contribution is -2.08. The van der Waals surface area contributed by atoms with Crippen molar-refractivity contribution >= 4 is 23.1 Å². The fourth-order valence-electron chi connectivity index (χ4n) is 1.65. The summed E-state index contributed by atoms with van der Waals surface area (Å²) in [7, 11) is 1.45. The van der Waals surface area contributed by atoms with Gasteiger partial charge in [-0.15, -0.1) is 0 Å². The number of ketones is 1. The predicted molar refractivity (Wildman–Crippen MR) is 70.1 cm³/mol. The Labute approximate surface area is 109 Å². The Bertz CT molecular complexity index is 585. The summed E-state index contributed by atoms with van der Waals surface area (Å²) in [5.74, 6) is 0.0488. The van der Waals surface area contributed by atoms with Crippen LogP contribution in [0.25, 0.3) is 0 Å². The normalized spacial score (nSPS) is 10.1. The summed E-state index contributed by atoms with van der Waals surface area (Å²) in [4.78, 5) is 16.2. The van der Waals surface area contributed by atoms with Crippen LogP contribution in [0.4, 0.5) is 5.69 Å². The molecule has 1 aromatic heterocycles. The number of carbonyl (C=O) groups excluding carboxylic acids is 1. The number of nitrogens with two attached hydrogens (primary N) is 1. The molecule has 0 aliphatic rings. The molecule has 0 aliphatic heterocycles. The Balaban J connectivity index is 2.58. The molecule has 1 aromatic carbocycles. The Kier molecular flexibility index (Phi) is 3.48. The fourth-order valence-corrected chi connectivity index (χ4v) is 1.89. The van der Waals surface area contributed by atoms with E-state index in [1.807, 2.05) is 0 Å². The van der Waals surface area contributed by atoms with Gasteiger partial charge in [-0.3, -0.25) is 9.78 Å². The number of methoxy groups -OCH3 is 1. The summed E-state index contributed by atoms with van der Waals surface area (Å²) >= 11 is 5.99. The fraction of sp³-hybridized carbons (Fsp3) is 0.0769. The van der Waals surface area contributed by atoms with Crippen molar-refractivity contribution in [3.63, 3.8) is 0 Å². The molecule has 0 atom stereocenters. The first-order chi connectivity index (χ1) is 8.65. The average molecular weight is 263 g/mol. The van der Waals surface area contributed by atoms with Crippen molar-refractivity contribution in [2.45, 2.75) is 0 Å². The van der Waals surface area contributed by atoms with Gasteiger partial charge in [-0.25, -0.2) is 0 Å². The topological polar surface area (TPSA) is 65.2 Å². The van der Waals surface area contributed by atoms with Crippen molar-refractivity contribution in [3.05, 3.63) is 52.8 Å². The third-order valence-corrected chi connectivity index (χ3v) is 2.81. The summed E-state index contributed by atoms with van der Waals surface area (Å²) in [5.41, 5.74) is 6.92. The zero-order valence-electron chi connectivity index (χ0n) is 9.68. The number of rotatable bonds is 3. The van der Waals surface area contributed by atoms with E-state index in [4.69, 9.17) is 22.1 Å². The highest BCUT2D eigenvalue weighted by Crippen LogP contribution is 2.34. The highest BCUT2D eigenvalue weighted by molar-refractivity contribution is 6.33. The standard InChI is InChI=1S/C13H11ClN2O2/c1-18-13-9(14)2-3-10(15)11(13)12(17)8-4-6-16-7-5-8/h2-7H,15H2,1H3. The summed E-state index contributed by atoms with van der Waals surface area (Å²) in [6.45, 7) is 0. The Hall–Kier alpha value is -2.07. The second-order valence-corrected chi connectivity index (χ2v) is 4.02. The number of nitrogen functional groups attached to an aromatic ring is 1. The highest BCUT2D eigenvalue weighted by Gasteiger charge is 2.20. The molecule has 2 rings (SSSR count). The maximum Gasteiger partial charge on any atom is 0.199 e. The van der Waals surface area contributed by atoms with Gasteiger partial charge in [-0.2, -0.15) is 0 Å². The van der Waals surface area contributed by atoms with Gasteiger partial charge < -0.3 is 10.5 Å². The molecule has 0 saturated carbocycles. The molecule has 0 aliphatic carbocycles. The van der Waals surface area contributed by atoms with Crippen molar-refractivity contribution in [2.24, 2.45) is 0 Å². The molecular formula is C13H11ClN2O2. The molecular weight excluding hydrogens is 252 g/mol. The van der Waals surface area contributed by atoms with Gasteiger partial charge in [0.1, 0.15) is 0 Å². The highest BCUT2D eigenvalue weighted by atomic mass is 35.5. The largest absolute Gasteiger partial charge is 0.494 e.